The summed E-state index contributed by atoms with van der Waals surface area (Å²) in [5.41, 5.74) is 6.43. The highest BCUT2D eigenvalue weighted by Gasteiger charge is 2.33. The number of H-pyrrole nitrogens is 1. The molecule has 0 bridgehead atoms. The molecule has 1 amide bonds. The van der Waals surface area contributed by atoms with Crippen molar-refractivity contribution in [2.24, 2.45) is 11.3 Å². The Morgan fingerprint density at radius 3 is 2.61 bits per heavy atom. The lowest BCUT2D eigenvalue weighted by atomic mass is 9.72. The van der Waals surface area contributed by atoms with Crippen LogP contribution in [0.3, 0.4) is 0 Å². The molecule has 0 spiro atoms. The van der Waals surface area contributed by atoms with Crippen LogP contribution in [0.4, 0.5) is 11.4 Å². The minimum absolute atomic E-state index is 0.0527. The van der Waals surface area contributed by atoms with E-state index in [9.17, 15) is 23.3 Å². The number of benzene rings is 3. The Hall–Kier alpha value is -6.29. The van der Waals surface area contributed by atoms with Gasteiger partial charge in [-0.1, -0.05) is 49.2 Å². The van der Waals surface area contributed by atoms with Crippen molar-refractivity contribution >= 4 is 55.5 Å². The van der Waals surface area contributed by atoms with Gasteiger partial charge < -0.3 is 19.4 Å². The number of anilines is 1. The van der Waals surface area contributed by atoms with E-state index in [4.69, 9.17) is 21.1 Å². The van der Waals surface area contributed by atoms with Gasteiger partial charge in [-0.05, 0) is 97.2 Å². The average Bonchev–Trinajstić information content (AvgIpc) is 3.75. The number of nitrogens with zero attached hydrogens (tertiary/aromatic N) is 5. The van der Waals surface area contributed by atoms with Crippen molar-refractivity contribution in [1.29, 1.82) is 0 Å². The second-order valence-corrected chi connectivity index (χ2v) is 19.7. The van der Waals surface area contributed by atoms with E-state index in [1.165, 1.54) is 35.0 Å². The molecule has 2 N–H and O–H groups in total. The Bertz CT molecular complexity index is 2880. The zero-order chi connectivity index (χ0) is 44.6. The number of fused-ring (bicyclic) bond motifs is 2. The predicted molar refractivity (Wildman–Crippen MR) is 246 cm³/mol. The summed E-state index contributed by atoms with van der Waals surface area (Å²) in [5.74, 6) is -0.537. The fourth-order valence-electron chi connectivity index (χ4n) is 8.98. The summed E-state index contributed by atoms with van der Waals surface area (Å²) in [6.45, 7) is 8.81. The largest absolute Gasteiger partial charge is 0.493 e. The maximum Gasteiger partial charge on any atom is 0.277 e. The number of hydrogen-bond acceptors (Lipinski definition) is 11. The van der Waals surface area contributed by atoms with Gasteiger partial charge in [0, 0.05) is 91.0 Å². The van der Waals surface area contributed by atoms with Crippen molar-refractivity contribution in [2.45, 2.75) is 50.8 Å². The second-order valence-electron chi connectivity index (χ2n) is 17.6. The Labute approximate surface area is 376 Å². The molecule has 1 aliphatic carbocycles. The number of nitrogens with one attached hydrogen (secondary N) is 2. The summed E-state index contributed by atoms with van der Waals surface area (Å²) in [6, 6.07) is 24.6. The maximum atomic E-state index is 14.1. The normalized spacial score (nSPS) is 17.7. The Morgan fingerprint density at radius 2 is 1.84 bits per heavy atom. The molecule has 1 atom stereocenters. The number of nitro benzene ring substituents is 1. The molecule has 3 aromatic carbocycles. The Morgan fingerprint density at radius 1 is 1.03 bits per heavy atom. The lowest BCUT2D eigenvalue weighted by Gasteiger charge is -2.39. The van der Waals surface area contributed by atoms with E-state index in [2.05, 4.69) is 55.5 Å². The number of sulfonamides is 1. The zero-order valence-corrected chi connectivity index (χ0v) is 37.1. The number of ether oxygens (including phenoxy) is 2. The van der Waals surface area contributed by atoms with Gasteiger partial charge in [0.25, 0.3) is 21.6 Å². The summed E-state index contributed by atoms with van der Waals surface area (Å²) < 4.78 is 42.2. The number of carbonyl (C=O) groups is 1. The smallest absolute Gasteiger partial charge is 0.277 e. The number of aromatic nitrogens is 3. The number of pyridine rings is 2. The van der Waals surface area contributed by atoms with E-state index >= 15 is 0 Å². The molecule has 0 unspecified atom stereocenters. The summed E-state index contributed by atoms with van der Waals surface area (Å²) >= 11 is 6.25. The predicted octanol–water partition coefficient (Wildman–Crippen LogP) is 9.01. The van der Waals surface area contributed by atoms with Crippen LogP contribution in [0.25, 0.3) is 16.6 Å². The summed E-state index contributed by atoms with van der Waals surface area (Å²) in [7, 11) is -4.64. The molecule has 1 fully saturated rings. The minimum atomic E-state index is -4.64. The van der Waals surface area contributed by atoms with Crippen LogP contribution in [0.15, 0.2) is 114 Å². The molecule has 2 aliphatic heterocycles. The van der Waals surface area contributed by atoms with Crippen LogP contribution in [-0.4, -0.2) is 78.4 Å². The topological polar surface area (TPSA) is 173 Å². The lowest BCUT2D eigenvalue weighted by molar-refractivity contribution is -0.386. The highest BCUT2D eigenvalue weighted by atomic mass is 35.5. The lowest BCUT2D eigenvalue weighted by Crippen LogP contribution is -2.47. The third-order valence-corrected chi connectivity index (χ3v) is 14.0. The Kier molecular flexibility index (Phi) is 11.9. The van der Waals surface area contributed by atoms with Crippen molar-refractivity contribution in [1.82, 2.24) is 24.6 Å². The van der Waals surface area contributed by atoms with Gasteiger partial charge >= 0.3 is 0 Å². The number of amides is 1. The molecule has 6 aromatic rings. The molecule has 16 heteroatoms. The summed E-state index contributed by atoms with van der Waals surface area (Å²) in [5, 5.41) is 13.8. The van der Waals surface area contributed by atoms with Crippen LogP contribution in [0.1, 0.15) is 60.3 Å². The van der Waals surface area contributed by atoms with Crippen LogP contribution >= 0.6 is 11.6 Å². The highest BCUT2D eigenvalue weighted by molar-refractivity contribution is 7.90. The molecule has 1 saturated heterocycles. The third-order valence-electron chi connectivity index (χ3n) is 12.4. The first-order chi connectivity index (χ1) is 30.8. The van der Waals surface area contributed by atoms with Crippen LogP contribution < -0.4 is 19.1 Å². The molecule has 0 radical (unpaired) electrons. The molecule has 330 valence electrons. The van der Waals surface area contributed by atoms with E-state index in [1.54, 1.807) is 30.6 Å². The molecule has 3 aliphatic rings. The SMILES string of the molecule is CC1(C)CCC(CN2CCN(c3ccc(C(=O)NS(=O)(=O)c4cc5c(c([N+](=O)[O-])c4)C[C@@H](Cc4ccccn4)CO5)c(Oc4cnc5[nH]ccc5c4)c3)CC2)=C(c2ccc(Cl)cc2)C1. The van der Waals surface area contributed by atoms with E-state index in [0.717, 1.165) is 66.8 Å². The highest BCUT2D eigenvalue weighted by Crippen LogP contribution is 2.44. The molecule has 64 heavy (non-hydrogen) atoms. The number of carbonyl (C=O) groups excluding carboxylic acids is 1. The number of allylic oxidation sites excluding steroid dienone is 1. The summed E-state index contributed by atoms with van der Waals surface area (Å²) in [4.78, 5) is 41.8. The van der Waals surface area contributed by atoms with Gasteiger partial charge in [-0.2, -0.15) is 0 Å². The van der Waals surface area contributed by atoms with Gasteiger partial charge in [-0.15, -0.1) is 0 Å². The molecule has 0 saturated carbocycles. The van der Waals surface area contributed by atoms with Gasteiger partial charge in [0.1, 0.15) is 22.9 Å². The maximum absolute atomic E-state index is 14.1. The van der Waals surface area contributed by atoms with Crippen LogP contribution in [0, 0.1) is 21.4 Å². The molecule has 5 heterocycles. The number of hydrogen-bond donors (Lipinski definition) is 2. The first kappa shape index (κ1) is 43.0. The molecule has 14 nitrogen and oxygen atoms in total. The number of rotatable bonds is 12. The van der Waals surface area contributed by atoms with Crippen molar-refractivity contribution in [3.63, 3.8) is 0 Å². The van der Waals surface area contributed by atoms with Gasteiger partial charge in [-0.25, -0.2) is 18.1 Å². The van der Waals surface area contributed by atoms with E-state index < -0.39 is 31.4 Å². The van der Waals surface area contributed by atoms with E-state index in [-0.39, 0.29) is 35.0 Å². The van der Waals surface area contributed by atoms with Gasteiger partial charge in [0.2, 0.25) is 0 Å². The third kappa shape index (κ3) is 9.47. The first-order valence-corrected chi connectivity index (χ1v) is 23.2. The molecule has 3 aromatic heterocycles. The number of aromatic amines is 1. The van der Waals surface area contributed by atoms with E-state index in [1.807, 2.05) is 36.4 Å². The van der Waals surface area contributed by atoms with Crippen molar-refractivity contribution in [3.05, 3.63) is 147 Å². The molecular formula is C48H48ClN7O7S. The van der Waals surface area contributed by atoms with Crippen LogP contribution in [0.5, 0.6) is 17.2 Å². The number of nitro groups is 1. The molecule has 9 rings (SSSR count). The second kappa shape index (κ2) is 17.7. The van der Waals surface area contributed by atoms with Crippen LogP contribution in [-0.2, 0) is 22.9 Å². The average molecular weight is 902 g/mol. The number of halogens is 1. The van der Waals surface area contributed by atoms with Crippen molar-refractivity contribution in [3.8, 4) is 17.2 Å². The van der Waals surface area contributed by atoms with Gasteiger partial charge in [0.05, 0.1) is 33.7 Å². The zero-order valence-electron chi connectivity index (χ0n) is 35.6. The minimum Gasteiger partial charge on any atom is -0.493 e. The fraction of sp³-hybridized carbons (Fsp3) is 0.312. The van der Waals surface area contributed by atoms with Crippen molar-refractivity contribution < 1.29 is 27.6 Å². The fourth-order valence-corrected chi connectivity index (χ4v) is 10.1. The Balaban J connectivity index is 0.945. The van der Waals surface area contributed by atoms with Gasteiger partial charge in [0.15, 0.2) is 0 Å². The van der Waals surface area contributed by atoms with Crippen LogP contribution in [0.2, 0.25) is 5.02 Å². The van der Waals surface area contributed by atoms with Crippen molar-refractivity contribution in [2.75, 3.05) is 44.2 Å². The number of piperazine rings is 1. The summed E-state index contributed by atoms with van der Waals surface area (Å²) in [6.07, 6.45) is 8.97. The first-order valence-electron chi connectivity index (χ1n) is 21.4. The molecular weight excluding hydrogens is 854 g/mol. The quantitative estimate of drug-likeness (QED) is 0.0887. The standard InChI is InChI=1S/C48H48ClN7O7S/c1-48(2)14-12-34(42(27-48)32-6-8-35(49)9-7-32)29-54-17-19-55(20-18-54)37-10-11-40(45(24-37)63-38-23-33-13-16-51-46(33)52-28-38)47(57)53-64(60,61)39-25-43(56(58)59)41-22-31(30-62-44(41)26-39)21-36-5-3-4-15-50-36/h3-11,13,15-16,23-26,28,31H,12,14,17-22,27,29-30H2,1-2H3,(H,51,52)(H,53,57)/t31-/m1/s1. The monoisotopic (exact) mass is 901 g/mol. The van der Waals surface area contributed by atoms with Gasteiger partial charge in [-0.3, -0.25) is 24.8 Å². The van der Waals surface area contributed by atoms with E-state index in [0.29, 0.717) is 42.9 Å².